The van der Waals surface area contributed by atoms with Gasteiger partial charge in [0.2, 0.25) is 0 Å². The second-order valence-corrected chi connectivity index (χ2v) is 8.10. The first-order valence-electron chi connectivity index (χ1n) is 8.34. The van der Waals surface area contributed by atoms with Gasteiger partial charge in [-0.05, 0) is 51.0 Å². The van der Waals surface area contributed by atoms with Crippen molar-refractivity contribution in [2.45, 2.75) is 51.1 Å². The van der Waals surface area contributed by atoms with Crippen LogP contribution in [0, 0.1) is 0 Å². The van der Waals surface area contributed by atoms with Crippen molar-refractivity contribution >= 4 is 18.7 Å². The normalized spacial score (nSPS) is 21.5. The van der Waals surface area contributed by atoms with Gasteiger partial charge in [-0.15, -0.1) is 0 Å². The largest absolute Gasteiger partial charge is 0.473 e. The predicted molar refractivity (Wildman–Crippen MR) is 100 cm³/mol. The molecule has 0 N–H and O–H groups in total. The van der Waals surface area contributed by atoms with Crippen LogP contribution in [0.3, 0.4) is 0 Å². The van der Waals surface area contributed by atoms with Gasteiger partial charge in [0.15, 0.2) is 0 Å². The molecule has 0 bridgehead atoms. The molecule has 4 heteroatoms. The third-order valence-corrected chi connectivity index (χ3v) is 5.79. The van der Waals surface area contributed by atoms with E-state index in [4.69, 9.17) is 20.9 Å². The van der Waals surface area contributed by atoms with E-state index in [9.17, 15) is 0 Å². The summed E-state index contributed by atoms with van der Waals surface area (Å²) < 4.78 is 12.8. The molecule has 2 nitrogen and oxygen atoms in total. The van der Waals surface area contributed by atoms with Crippen LogP contribution in [-0.4, -0.2) is 18.3 Å². The molecular weight excluding hydrogens is 318 g/mol. The summed E-state index contributed by atoms with van der Waals surface area (Å²) in [4.78, 5) is 0. The highest BCUT2D eigenvalue weighted by Crippen LogP contribution is 2.46. The Bertz CT molecular complexity index is 696. The van der Waals surface area contributed by atoms with E-state index in [-0.39, 0.29) is 18.3 Å². The van der Waals surface area contributed by atoms with E-state index < -0.39 is 5.31 Å². The lowest BCUT2D eigenvalue weighted by Crippen LogP contribution is -2.44. The standard InChI is InChI=1S/C20H24BClO2/c1-18(2)19(3,4)24-21(23-18)20(5,15-9-7-6-8-10-15)16-11-13-17(22)14-12-16/h6-14H,1-5H3/t20-/m1/s1. The minimum atomic E-state index is -0.434. The number of hydrogen-bond donors (Lipinski definition) is 0. The quantitative estimate of drug-likeness (QED) is 0.707. The van der Waals surface area contributed by atoms with E-state index in [1.54, 1.807) is 0 Å². The molecule has 2 aromatic carbocycles. The van der Waals surface area contributed by atoms with Crippen LogP contribution in [-0.2, 0) is 14.6 Å². The van der Waals surface area contributed by atoms with Crippen LogP contribution in [0.25, 0.3) is 0 Å². The molecule has 1 aliphatic heterocycles. The Hall–Kier alpha value is -1.29. The van der Waals surface area contributed by atoms with E-state index in [0.717, 1.165) is 16.1 Å². The van der Waals surface area contributed by atoms with Crippen LogP contribution in [0.5, 0.6) is 0 Å². The minimum Gasteiger partial charge on any atom is -0.402 e. The Morgan fingerprint density at radius 3 is 1.75 bits per heavy atom. The van der Waals surface area contributed by atoms with Crippen LogP contribution in [0.2, 0.25) is 5.02 Å². The summed E-state index contributed by atoms with van der Waals surface area (Å²) in [7, 11) is -0.383. The smallest absolute Gasteiger partial charge is 0.402 e. The zero-order chi connectivity index (χ0) is 17.6. The van der Waals surface area contributed by atoms with Crippen molar-refractivity contribution in [3.8, 4) is 0 Å². The Kier molecular flexibility index (Phi) is 4.32. The second kappa shape index (κ2) is 5.91. The van der Waals surface area contributed by atoms with Crippen molar-refractivity contribution in [3.63, 3.8) is 0 Å². The predicted octanol–water partition coefficient (Wildman–Crippen LogP) is 5.28. The molecule has 0 spiro atoms. The zero-order valence-corrected chi connectivity index (χ0v) is 15.7. The molecule has 0 aliphatic carbocycles. The number of benzene rings is 2. The lowest BCUT2D eigenvalue weighted by molar-refractivity contribution is 0.00578. The van der Waals surface area contributed by atoms with Crippen molar-refractivity contribution < 1.29 is 9.31 Å². The molecule has 1 aliphatic rings. The number of halogens is 1. The first-order valence-corrected chi connectivity index (χ1v) is 8.72. The second-order valence-electron chi connectivity index (χ2n) is 7.66. The van der Waals surface area contributed by atoms with Crippen molar-refractivity contribution in [3.05, 3.63) is 70.7 Å². The van der Waals surface area contributed by atoms with Crippen molar-refractivity contribution in [1.82, 2.24) is 0 Å². The maximum atomic E-state index is 6.41. The minimum absolute atomic E-state index is 0.375. The van der Waals surface area contributed by atoms with Gasteiger partial charge in [0.05, 0.1) is 16.5 Å². The van der Waals surface area contributed by atoms with Gasteiger partial charge in [-0.1, -0.05) is 61.0 Å². The molecule has 0 aromatic heterocycles. The molecule has 0 amide bonds. The number of rotatable bonds is 3. The lowest BCUT2D eigenvalue weighted by atomic mass is 9.52. The third-order valence-electron chi connectivity index (χ3n) is 5.54. The fraction of sp³-hybridized carbons (Fsp3) is 0.400. The number of hydrogen-bond acceptors (Lipinski definition) is 2. The highest BCUT2D eigenvalue weighted by atomic mass is 35.5. The maximum Gasteiger partial charge on any atom is 0.473 e. The molecule has 1 atom stereocenters. The van der Waals surface area contributed by atoms with E-state index in [1.165, 1.54) is 0 Å². The maximum absolute atomic E-state index is 6.41. The van der Waals surface area contributed by atoms with Crippen LogP contribution in [0.1, 0.15) is 45.7 Å². The van der Waals surface area contributed by atoms with Gasteiger partial charge in [-0.2, -0.15) is 0 Å². The molecule has 0 radical (unpaired) electrons. The first kappa shape index (κ1) is 17.5. The molecule has 3 rings (SSSR count). The Labute approximate surface area is 150 Å². The molecule has 2 aromatic rings. The third kappa shape index (κ3) is 2.79. The van der Waals surface area contributed by atoms with Gasteiger partial charge in [0.25, 0.3) is 0 Å². The van der Waals surface area contributed by atoms with Gasteiger partial charge >= 0.3 is 7.12 Å². The summed E-state index contributed by atoms with van der Waals surface area (Å²) in [5.41, 5.74) is 1.53. The van der Waals surface area contributed by atoms with E-state index in [1.807, 2.05) is 18.2 Å². The van der Waals surface area contributed by atoms with E-state index >= 15 is 0 Å². The topological polar surface area (TPSA) is 18.5 Å². The van der Waals surface area contributed by atoms with Crippen LogP contribution < -0.4 is 0 Å². The first-order chi connectivity index (χ1) is 11.2. The summed E-state index contributed by atoms with van der Waals surface area (Å²) >= 11 is 6.10. The fourth-order valence-corrected chi connectivity index (χ4v) is 3.22. The monoisotopic (exact) mass is 342 g/mol. The van der Waals surface area contributed by atoms with Gasteiger partial charge < -0.3 is 9.31 Å². The molecule has 0 unspecified atom stereocenters. The van der Waals surface area contributed by atoms with Crippen molar-refractivity contribution in [2.24, 2.45) is 0 Å². The molecule has 1 saturated heterocycles. The highest BCUT2D eigenvalue weighted by Gasteiger charge is 2.59. The molecular formula is C20H24BClO2. The molecule has 126 valence electrons. The summed E-state index contributed by atoms with van der Waals surface area (Å²) in [6.07, 6.45) is 0. The van der Waals surface area contributed by atoms with Crippen LogP contribution >= 0.6 is 11.6 Å². The lowest BCUT2D eigenvalue weighted by Gasteiger charge is -2.33. The van der Waals surface area contributed by atoms with Crippen LogP contribution in [0.4, 0.5) is 0 Å². The Balaban J connectivity index is 2.12. The van der Waals surface area contributed by atoms with E-state index in [2.05, 4.69) is 71.0 Å². The zero-order valence-electron chi connectivity index (χ0n) is 15.0. The molecule has 24 heavy (non-hydrogen) atoms. The molecule has 1 fully saturated rings. The molecule has 0 saturated carbocycles. The summed E-state index contributed by atoms with van der Waals surface area (Å²) in [6, 6.07) is 18.3. The summed E-state index contributed by atoms with van der Waals surface area (Å²) in [5.74, 6) is 0. The summed E-state index contributed by atoms with van der Waals surface area (Å²) in [5, 5.41) is 0.291. The SMILES string of the molecule is CC1(C)OB([C@](C)(c2ccccc2)c2ccc(Cl)cc2)OC1(C)C. The fourth-order valence-electron chi connectivity index (χ4n) is 3.10. The van der Waals surface area contributed by atoms with Gasteiger partial charge in [0.1, 0.15) is 0 Å². The Morgan fingerprint density at radius 1 is 0.792 bits per heavy atom. The summed E-state index contributed by atoms with van der Waals surface area (Å²) in [6.45, 7) is 10.5. The Morgan fingerprint density at radius 2 is 1.25 bits per heavy atom. The molecule has 1 heterocycles. The van der Waals surface area contributed by atoms with E-state index in [0.29, 0.717) is 0 Å². The van der Waals surface area contributed by atoms with Crippen LogP contribution in [0.15, 0.2) is 54.6 Å². The average molecular weight is 343 g/mol. The van der Waals surface area contributed by atoms with Crippen molar-refractivity contribution in [1.29, 1.82) is 0 Å². The average Bonchev–Trinajstić information content (AvgIpc) is 2.76. The van der Waals surface area contributed by atoms with Crippen molar-refractivity contribution in [2.75, 3.05) is 0 Å². The highest BCUT2D eigenvalue weighted by molar-refractivity contribution is 6.51. The van der Waals surface area contributed by atoms with Gasteiger partial charge in [-0.3, -0.25) is 0 Å². The van der Waals surface area contributed by atoms with Gasteiger partial charge in [0, 0.05) is 5.02 Å². The van der Waals surface area contributed by atoms with Gasteiger partial charge in [-0.25, -0.2) is 0 Å².